The van der Waals surface area contributed by atoms with Crippen LogP contribution in [0.1, 0.15) is 27.2 Å². The summed E-state index contributed by atoms with van der Waals surface area (Å²) in [6, 6.07) is 0. The second-order valence-corrected chi connectivity index (χ2v) is 12.4. The maximum absolute atomic E-state index is 11.9. The van der Waals surface area contributed by atoms with Crippen LogP contribution in [0, 0.1) is 0 Å². The van der Waals surface area contributed by atoms with Crippen LogP contribution in [0.4, 0.5) is 13.2 Å². The number of hydrogen-bond acceptors (Lipinski definition) is 3. The Kier molecular flexibility index (Phi) is 6.84. The molecule has 9 heteroatoms. The zero-order valence-electron chi connectivity index (χ0n) is 12.4. The largest absolute Gasteiger partial charge is 0.496 e. The molecule has 0 aliphatic heterocycles. The number of alkyl halides is 3. The van der Waals surface area contributed by atoms with Crippen LogP contribution in [0.5, 0.6) is 0 Å². The molecule has 0 heterocycles. The number of nitrogens with one attached hydrogen (secondary N) is 1. The van der Waals surface area contributed by atoms with Crippen LogP contribution < -0.4 is 5.32 Å². The van der Waals surface area contributed by atoms with Gasteiger partial charge in [-0.3, -0.25) is 4.79 Å². The van der Waals surface area contributed by atoms with Crippen molar-refractivity contribution in [2.75, 3.05) is 12.7 Å². The van der Waals surface area contributed by atoms with Gasteiger partial charge >= 0.3 is 20.1 Å². The Bertz CT molecular complexity index is 367. The van der Waals surface area contributed by atoms with E-state index in [1.165, 1.54) is 0 Å². The summed E-state index contributed by atoms with van der Waals surface area (Å²) in [5.41, 5.74) is 0. The fourth-order valence-corrected chi connectivity index (χ4v) is 4.86. The quantitative estimate of drug-likeness (QED) is 0.457. The van der Waals surface area contributed by atoms with Crippen LogP contribution in [0.15, 0.2) is 0 Å². The fraction of sp³-hybridized carbons (Fsp3) is 0.909. The molecule has 1 unspecified atom stereocenters. The van der Waals surface area contributed by atoms with Gasteiger partial charge in [0.1, 0.15) is 0 Å². The molecule has 118 valence electrons. The topological polar surface area (TPSA) is 55.4 Å². The Morgan fingerprint density at radius 2 is 1.75 bits per heavy atom. The summed E-state index contributed by atoms with van der Waals surface area (Å²) >= 11 is 0. The average Bonchev–Trinajstić information content (AvgIpc) is 2.20. The van der Waals surface area contributed by atoms with Crippen molar-refractivity contribution in [3.63, 3.8) is 0 Å². The molecule has 20 heavy (non-hydrogen) atoms. The molecule has 0 aliphatic carbocycles. The van der Waals surface area contributed by atoms with Crippen LogP contribution in [-0.2, 0) is 13.6 Å². The Balaban J connectivity index is 4.06. The zero-order chi connectivity index (χ0) is 16.2. The van der Waals surface area contributed by atoms with Crippen molar-refractivity contribution in [1.82, 2.24) is 5.32 Å². The van der Waals surface area contributed by atoms with Gasteiger partial charge in [-0.1, -0.05) is 20.8 Å². The molecule has 1 atom stereocenters. The third-order valence-electron chi connectivity index (χ3n) is 3.20. The van der Waals surface area contributed by atoms with E-state index in [-0.39, 0.29) is 24.2 Å². The first kappa shape index (κ1) is 19.5. The van der Waals surface area contributed by atoms with Crippen molar-refractivity contribution in [1.29, 1.82) is 0 Å². The molecule has 0 rings (SSSR count). The van der Waals surface area contributed by atoms with Gasteiger partial charge < -0.3 is 5.32 Å². The van der Waals surface area contributed by atoms with Crippen molar-refractivity contribution in [3.05, 3.63) is 0 Å². The monoisotopic (exact) mass is 332 g/mol. The summed E-state index contributed by atoms with van der Waals surface area (Å²) in [7, 11) is -4.04. The van der Waals surface area contributed by atoms with Crippen LogP contribution in [0.2, 0.25) is 18.1 Å². The Morgan fingerprint density at radius 3 is 2.15 bits per heavy atom. The first-order valence-electron chi connectivity index (χ1n) is 6.26. The molecule has 0 saturated heterocycles. The summed E-state index contributed by atoms with van der Waals surface area (Å²) < 4.78 is 53.1. The van der Waals surface area contributed by atoms with E-state index in [9.17, 15) is 22.5 Å². The smallest absolute Gasteiger partial charge is 0.348 e. The standard InChI is InChI=1S/C11H21F3NO3PSi/c1-10(2,3)20(4,5)18-19(17)8-6-7-15-9(16)11(12,13)14/h6-8H2,1-5H3/p+1. The molecule has 1 amide bonds. The molecule has 0 fully saturated rings. The highest BCUT2D eigenvalue weighted by Gasteiger charge is 2.45. The predicted molar refractivity (Wildman–Crippen MR) is 74.4 cm³/mol. The number of hydrogen-bond donors (Lipinski definition) is 1. The second-order valence-electron chi connectivity index (χ2n) is 6.02. The van der Waals surface area contributed by atoms with Crippen LogP contribution >= 0.6 is 8.03 Å². The van der Waals surface area contributed by atoms with Gasteiger partial charge in [0.05, 0.1) is 0 Å². The fourth-order valence-electron chi connectivity index (χ4n) is 0.947. The van der Waals surface area contributed by atoms with Gasteiger partial charge in [-0.15, -0.1) is 0 Å². The SMILES string of the molecule is CC(C)(C)[Si](C)(C)O[P+](=O)CCCNC(=O)C(F)(F)F. The van der Waals surface area contributed by atoms with Crippen LogP contribution in [0.3, 0.4) is 0 Å². The first-order chi connectivity index (χ1) is 8.77. The Hall–Kier alpha value is -0.463. The van der Waals surface area contributed by atoms with Gasteiger partial charge in [0, 0.05) is 13.0 Å². The van der Waals surface area contributed by atoms with Gasteiger partial charge in [-0.05, 0) is 22.7 Å². The van der Waals surface area contributed by atoms with E-state index < -0.39 is 28.4 Å². The molecule has 1 N–H and O–H groups in total. The van der Waals surface area contributed by atoms with Gasteiger partial charge in [0.15, 0.2) is 6.16 Å². The lowest BCUT2D eigenvalue weighted by molar-refractivity contribution is -0.173. The van der Waals surface area contributed by atoms with Gasteiger partial charge in [-0.25, -0.2) is 4.21 Å². The summed E-state index contributed by atoms with van der Waals surface area (Å²) in [4.78, 5) is 10.5. The number of halogens is 3. The minimum absolute atomic E-state index is 0.0809. The Morgan fingerprint density at radius 1 is 1.25 bits per heavy atom. The van der Waals surface area contributed by atoms with E-state index in [0.29, 0.717) is 0 Å². The van der Waals surface area contributed by atoms with Gasteiger partial charge in [-0.2, -0.15) is 13.2 Å². The lowest BCUT2D eigenvalue weighted by atomic mass is 10.2. The molecule has 0 saturated carbocycles. The van der Waals surface area contributed by atoms with E-state index >= 15 is 0 Å². The molecule has 0 aliphatic rings. The van der Waals surface area contributed by atoms with Crippen molar-refractivity contribution in [2.24, 2.45) is 0 Å². The summed E-state index contributed by atoms with van der Waals surface area (Å²) in [5, 5.41) is 1.65. The van der Waals surface area contributed by atoms with Gasteiger partial charge in [0.25, 0.3) is 8.32 Å². The summed E-state index contributed by atoms with van der Waals surface area (Å²) in [6.07, 6.45) is -4.55. The molecule has 0 aromatic heterocycles. The second kappa shape index (κ2) is 7.00. The molecule has 0 aromatic rings. The number of rotatable bonds is 6. The number of carbonyl (C=O) groups excluding carboxylic acids is 1. The average molecular weight is 332 g/mol. The number of amides is 1. The van der Waals surface area contributed by atoms with Crippen molar-refractivity contribution >= 4 is 22.3 Å². The highest BCUT2D eigenvalue weighted by Crippen LogP contribution is 2.42. The molecular formula is C11H22F3NO3PSi+. The number of carbonyl (C=O) groups is 1. The normalized spacial score (nSPS) is 14.1. The zero-order valence-corrected chi connectivity index (χ0v) is 14.3. The molecule has 0 aromatic carbocycles. The van der Waals surface area contributed by atoms with Crippen LogP contribution in [-0.4, -0.2) is 33.1 Å². The summed E-state index contributed by atoms with van der Waals surface area (Å²) in [6.45, 7) is 9.75. The lowest BCUT2D eigenvalue weighted by Gasteiger charge is -2.30. The molecule has 4 nitrogen and oxygen atoms in total. The van der Waals surface area contributed by atoms with E-state index in [0.717, 1.165) is 0 Å². The Labute approximate surface area is 119 Å². The van der Waals surface area contributed by atoms with Crippen molar-refractivity contribution < 1.29 is 26.7 Å². The van der Waals surface area contributed by atoms with E-state index in [4.69, 9.17) is 4.21 Å². The highest BCUT2D eigenvalue weighted by molar-refractivity contribution is 7.41. The lowest BCUT2D eigenvalue weighted by Crippen LogP contribution is -2.39. The predicted octanol–water partition coefficient (Wildman–Crippen LogP) is 3.82. The van der Waals surface area contributed by atoms with E-state index in [1.54, 1.807) is 5.32 Å². The van der Waals surface area contributed by atoms with E-state index in [2.05, 4.69) is 0 Å². The van der Waals surface area contributed by atoms with E-state index in [1.807, 2.05) is 33.9 Å². The van der Waals surface area contributed by atoms with Gasteiger partial charge in [0.2, 0.25) is 0 Å². The molecule has 0 spiro atoms. The molecule has 0 bridgehead atoms. The minimum Gasteiger partial charge on any atom is -0.348 e. The maximum atomic E-state index is 11.9. The van der Waals surface area contributed by atoms with Crippen LogP contribution in [0.25, 0.3) is 0 Å². The third-order valence-corrected chi connectivity index (χ3v) is 10.1. The third kappa shape index (κ3) is 6.81. The molecule has 0 radical (unpaired) electrons. The first-order valence-corrected chi connectivity index (χ1v) is 10.5. The van der Waals surface area contributed by atoms with Crippen molar-refractivity contribution in [3.8, 4) is 0 Å². The minimum atomic E-state index is -4.88. The summed E-state index contributed by atoms with van der Waals surface area (Å²) in [5.74, 6) is -1.97. The van der Waals surface area contributed by atoms with Crippen molar-refractivity contribution in [2.45, 2.75) is 51.5 Å². The maximum Gasteiger partial charge on any atom is 0.496 e. The highest BCUT2D eigenvalue weighted by atomic mass is 31.1. The molecular weight excluding hydrogens is 310 g/mol.